The molecule has 0 atom stereocenters. The third-order valence-corrected chi connectivity index (χ3v) is 3.87. The molecule has 0 heterocycles. The SMILES string of the molecule is COCCOCCC1(CNC(C)(C)C)CCCC1. The van der Waals surface area contributed by atoms with Gasteiger partial charge in [-0.15, -0.1) is 0 Å². The Morgan fingerprint density at radius 2 is 1.72 bits per heavy atom. The van der Waals surface area contributed by atoms with E-state index in [1.165, 1.54) is 32.1 Å². The van der Waals surface area contributed by atoms with E-state index < -0.39 is 0 Å². The van der Waals surface area contributed by atoms with Crippen LogP contribution in [0.3, 0.4) is 0 Å². The third kappa shape index (κ3) is 6.17. The highest BCUT2D eigenvalue weighted by Crippen LogP contribution is 2.40. The summed E-state index contributed by atoms with van der Waals surface area (Å²) in [5.41, 5.74) is 0.687. The first-order valence-corrected chi connectivity index (χ1v) is 7.29. The van der Waals surface area contributed by atoms with Gasteiger partial charge in [0.25, 0.3) is 0 Å². The van der Waals surface area contributed by atoms with Gasteiger partial charge < -0.3 is 14.8 Å². The summed E-state index contributed by atoms with van der Waals surface area (Å²) >= 11 is 0. The van der Waals surface area contributed by atoms with Crippen LogP contribution in [0.25, 0.3) is 0 Å². The molecule has 3 nitrogen and oxygen atoms in total. The summed E-state index contributed by atoms with van der Waals surface area (Å²) in [6.45, 7) is 10.1. The Morgan fingerprint density at radius 3 is 2.28 bits per heavy atom. The minimum Gasteiger partial charge on any atom is -0.382 e. The van der Waals surface area contributed by atoms with Crippen LogP contribution in [0.4, 0.5) is 0 Å². The molecule has 3 heteroatoms. The zero-order valence-corrected chi connectivity index (χ0v) is 12.7. The number of methoxy groups -OCH3 is 1. The Hall–Kier alpha value is -0.120. The van der Waals surface area contributed by atoms with E-state index in [1.807, 2.05) is 0 Å². The van der Waals surface area contributed by atoms with Gasteiger partial charge in [-0.1, -0.05) is 12.8 Å². The van der Waals surface area contributed by atoms with Crippen molar-refractivity contribution in [3.63, 3.8) is 0 Å². The molecule has 0 aliphatic heterocycles. The summed E-state index contributed by atoms with van der Waals surface area (Å²) in [4.78, 5) is 0. The van der Waals surface area contributed by atoms with Crippen molar-refractivity contribution in [3.8, 4) is 0 Å². The average Bonchev–Trinajstić information content (AvgIpc) is 2.75. The van der Waals surface area contributed by atoms with Crippen molar-refractivity contribution in [3.05, 3.63) is 0 Å². The van der Waals surface area contributed by atoms with Gasteiger partial charge in [0.2, 0.25) is 0 Å². The second-order valence-electron chi connectivity index (χ2n) is 6.67. The Bertz CT molecular complexity index is 217. The largest absolute Gasteiger partial charge is 0.382 e. The van der Waals surface area contributed by atoms with Crippen LogP contribution in [0.2, 0.25) is 0 Å². The molecule has 0 unspecified atom stereocenters. The van der Waals surface area contributed by atoms with Crippen molar-refractivity contribution in [1.29, 1.82) is 0 Å². The summed E-state index contributed by atoms with van der Waals surface area (Å²) < 4.78 is 10.6. The van der Waals surface area contributed by atoms with Gasteiger partial charge in [0.1, 0.15) is 0 Å². The van der Waals surface area contributed by atoms with E-state index in [0.29, 0.717) is 12.0 Å². The highest BCUT2D eigenvalue weighted by molar-refractivity contribution is 4.88. The first kappa shape index (κ1) is 15.9. The van der Waals surface area contributed by atoms with E-state index in [1.54, 1.807) is 7.11 Å². The maximum Gasteiger partial charge on any atom is 0.0700 e. The lowest BCUT2D eigenvalue weighted by Gasteiger charge is -2.33. The maximum absolute atomic E-state index is 5.64. The molecular weight excluding hydrogens is 226 g/mol. The molecule has 108 valence electrons. The highest BCUT2D eigenvalue weighted by Gasteiger charge is 2.34. The molecule has 1 fully saturated rings. The number of ether oxygens (including phenoxy) is 2. The van der Waals surface area contributed by atoms with E-state index in [9.17, 15) is 0 Å². The molecule has 1 N–H and O–H groups in total. The van der Waals surface area contributed by atoms with Crippen LogP contribution in [0.15, 0.2) is 0 Å². The summed E-state index contributed by atoms with van der Waals surface area (Å²) in [6.07, 6.45) is 6.64. The van der Waals surface area contributed by atoms with Crippen LogP contribution >= 0.6 is 0 Å². The van der Waals surface area contributed by atoms with Crippen LogP contribution in [-0.4, -0.2) is 39.0 Å². The Labute approximate surface area is 113 Å². The standard InChI is InChI=1S/C15H31NO2/c1-14(2,3)16-13-15(7-5-6-8-15)9-10-18-12-11-17-4/h16H,5-13H2,1-4H3. The topological polar surface area (TPSA) is 30.5 Å². The molecule has 0 radical (unpaired) electrons. The van der Waals surface area contributed by atoms with Crippen molar-refractivity contribution in [2.45, 2.75) is 58.4 Å². The van der Waals surface area contributed by atoms with Gasteiger partial charge in [-0.05, 0) is 45.4 Å². The van der Waals surface area contributed by atoms with E-state index in [4.69, 9.17) is 9.47 Å². The summed E-state index contributed by atoms with van der Waals surface area (Å²) in [7, 11) is 1.72. The smallest absolute Gasteiger partial charge is 0.0700 e. The minimum atomic E-state index is 0.215. The first-order chi connectivity index (χ1) is 8.47. The molecule has 0 spiro atoms. The number of hydrogen-bond acceptors (Lipinski definition) is 3. The predicted octanol–water partition coefficient (Wildman–Crippen LogP) is 2.99. The molecule has 0 aromatic heterocycles. The molecule has 0 aromatic carbocycles. The van der Waals surface area contributed by atoms with E-state index in [-0.39, 0.29) is 5.54 Å². The Morgan fingerprint density at radius 1 is 1.06 bits per heavy atom. The zero-order valence-electron chi connectivity index (χ0n) is 12.7. The van der Waals surface area contributed by atoms with Gasteiger partial charge in [-0.2, -0.15) is 0 Å². The molecule has 1 aliphatic carbocycles. The van der Waals surface area contributed by atoms with Crippen LogP contribution in [0, 0.1) is 5.41 Å². The van der Waals surface area contributed by atoms with Crippen molar-refractivity contribution in [2.75, 3.05) is 33.5 Å². The summed E-state index contributed by atoms with van der Waals surface area (Å²) in [5, 5.41) is 3.68. The van der Waals surface area contributed by atoms with Crippen LogP contribution in [0.1, 0.15) is 52.9 Å². The normalized spacial score (nSPS) is 19.3. The summed E-state index contributed by atoms with van der Waals surface area (Å²) in [6, 6.07) is 0. The first-order valence-electron chi connectivity index (χ1n) is 7.29. The maximum atomic E-state index is 5.64. The monoisotopic (exact) mass is 257 g/mol. The van der Waals surface area contributed by atoms with Crippen molar-refractivity contribution >= 4 is 0 Å². The van der Waals surface area contributed by atoms with E-state index in [0.717, 1.165) is 19.8 Å². The van der Waals surface area contributed by atoms with Gasteiger partial charge in [-0.25, -0.2) is 0 Å². The Balaban J connectivity index is 2.29. The van der Waals surface area contributed by atoms with Crippen molar-refractivity contribution < 1.29 is 9.47 Å². The van der Waals surface area contributed by atoms with Gasteiger partial charge in [-0.3, -0.25) is 0 Å². The van der Waals surface area contributed by atoms with Crippen LogP contribution in [0.5, 0.6) is 0 Å². The van der Waals surface area contributed by atoms with E-state index in [2.05, 4.69) is 26.1 Å². The molecule has 1 saturated carbocycles. The predicted molar refractivity (Wildman–Crippen MR) is 76.0 cm³/mol. The Kier molecular flexibility index (Phi) is 6.61. The van der Waals surface area contributed by atoms with Gasteiger partial charge >= 0.3 is 0 Å². The van der Waals surface area contributed by atoms with Gasteiger partial charge in [0.05, 0.1) is 13.2 Å². The van der Waals surface area contributed by atoms with Gasteiger partial charge in [0, 0.05) is 25.8 Å². The highest BCUT2D eigenvalue weighted by atomic mass is 16.5. The lowest BCUT2D eigenvalue weighted by molar-refractivity contribution is 0.0503. The average molecular weight is 257 g/mol. The van der Waals surface area contributed by atoms with Crippen molar-refractivity contribution in [1.82, 2.24) is 5.32 Å². The second-order valence-corrected chi connectivity index (χ2v) is 6.67. The van der Waals surface area contributed by atoms with Crippen LogP contribution in [-0.2, 0) is 9.47 Å². The molecule has 1 aliphatic rings. The number of hydrogen-bond donors (Lipinski definition) is 1. The fourth-order valence-corrected chi connectivity index (χ4v) is 2.63. The summed E-state index contributed by atoms with van der Waals surface area (Å²) in [5.74, 6) is 0. The number of rotatable bonds is 8. The lowest BCUT2D eigenvalue weighted by atomic mass is 9.82. The molecular formula is C15H31NO2. The van der Waals surface area contributed by atoms with E-state index >= 15 is 0 Å². The molecule has 18 heavy (non-hydrogen) atoms. The fourth-order valence-electron chi connectivity index (χ4n) is 2.63. The van der Waals surface area contributed by atoms with Crippen LogP contribution < -0.4 is 5.32 Å². The third-order valence-electron chi connectivity index (χ3n) is 3.87. The van der Waals surface area contributed by atoms with Crippen molar-refractivity contribution in [2.24, 2.45) is 5.41 Å². The molecule has 0 aromatic rings. The lowest BCUT2D eigenvalue weighted by Crippen LogP contribution is -2.43. The minimum absolute atomic E-state index is 0.215. The molecule has 0 amide bonds. The number of nitrogens with one attached hydrogen (secondary N) is 1. The zero-order chi connectivity index (χ0) is 13.5. The fraction of sp³-hybridized carbons (Fsp3) is 1.00. The second kappa shape index (κ2) is 7.46. The van der Waals surface area contributed by atoms with Gasteiger partial charge in [0.15, 0.2) is 0 Å². The quantitative estimate of drug-likeness (QED) is 0.678. The molecule has 0 bridgehead atoms. The molecule has 0 saturated heterocycles. The molecule has 1 rings (SSSR count).